The third-order valence-electron chi connectivity index (χ3n) is 6.09. The summed E-state index contributed by atoms with van der Waals surface area (Å²) in [6, 6.07) is -0.364. The SMILES string of the molecule is C[C@@H](O)[C@H]1C(=O)N2C(C(=O)O)=C(C[n+]3cc4scc(CN(C)S(N)(=O)=O)n4c3)[C@H](C)[C@H]12. The maximum Gasteiger partial charge on any atom is 0.352 e. The maximum absolute atomic E-state index is 12.5. The number of carbonyl (C=O) groups is 2. The van der Waals surface area contributed by atoms with E-state index >= 15 is 0 Å². The van der Waals surface area contributed by atoms with E-state index in [1.807, 2.05) is 27.5 Å². The maximum atomic E-state index is 12.5. The molecule has 4 N–H and O–H groups in total. The Balaban J connectivity index is 1.64. The Labute approximate surface area is 182 Å². The number of aliphatic carboxylic acids is 1. The van der Waals surface area contributed by atoms with E-state index in [0.717, 1.165) is 14.8 Å². The van der Waals surface area contributed by atoms with Gasteiger partial charge in [-0.25, -0.2) is 14.5 Å². The number of carboxylic acid groups (broad SMARTS) is 1. The zero-order valence-corrected chi connectivity index (χ0v) is 18.8. The molecule has 0 spiro atoms. The number of hydrogen-bond acceptors (Lipinski definition) is 6. The van der Waals surface area contributed by atoms with Crippen LogP contribution in [0.5, 0.6) is 0 Å². The molecular formula is C18H24N5O6S2+. The molecule has 0 bridgehead atoms. The molecule has 2 aliphatic rings. The molecule has 0 aromatic carbocycles. The van der Waals surface area contributed by atoms with Crippen LogP contribution in [-0.2, 0) is 32.9 Å². The third-order valence-corrected chi connectivity index (χ3v) is 8.02. The van der Waals surface area contributed by atoms with Crippen molar-refractivity contribution in [2.75, 3.05) is 7.05 Å². The second kappa shape index (κ2) is 7.38. The van der Waals surface area contributed by atoms with E-state index < -0.39 is 28.2 Å². The van der Waals surface area contributed by atoms with Crippen LogP contribution in [0.2, 0.25) is 0 Å². The number of aromatic nitrogens is 2. The van der Waals surface area contributed by atoms with Gasteiger partial charge in [-0.2, -0.15) is 17.1 Å². The number of rotatable bonds is 7. The molecule has 0 aliphatic carbocycles. The van der Waals surface area contributed by atoms with E-state index in [0.29, 0.717) is 5.57 Å². The first-order valence-electron chi connectivity index (χ1n) is 9.60. The number of carbonyl (C=O) groups excluding carboxylic acids is 1. The highest BCUT2D eigenvalue weighted by atomic mass is 32.2. The molecule has 31 heavy (non-hydrogen) atoms. The second-order valence-corrected chi connectivity index (χ2v) is 10.6. The van der Waals surface area contributed by atoms with Crippen LogP contribution >= 0.6 is 11.3 Å². The molecule has 2 aliphatic heterocycles. The van der Waals surface area contributed by atoms with Crippen molar-refractivity contribution in [1.82, 2.24) is 13.6 Å². The van der Waals surface area contributed by atoms with E-state index in [-0.39, 0.29) is 36.7 Å². The monoisotopic (exact) mass is 470 g/mol. The van der Waals surface area contributed by atoms with Crippen molar-refractivity contribution in [2.24, 2.45) is 17.0 Å². The average molecular weight is 471 g/mol. The Bertz CT molecular complexity index is 1210. The minimum absolute atomic E-state index is 0.0179. The molecule has 0 radical (unpaired) electrons. The van der Waals surface area contributed by atoms with Gasteiger partial charge in [0.05, 0.1) is 24.6 Å². The van der Waals surface area contributed by atoms with Crippen molar-refractivity contribution in [3.05, 3.63) is 34.9 Å². The van der Waals surface area contributed by atoms with Gasteiger partial charge in [-0.15, -0.1) is 0 Å². The summed E-state index contributed by atoms with van der Waals surface area (Å²) in [5, 5.41) is 26.7. The second-order valence-electron chi connectivity index (χ2n) is 8.09. The Hall–Kier alpha value is -2.32. The molecule has 1 amide bonds. The van der Waals surface area contributed by atoms with Gasteiger partial charge in [0.1, 0.15) is 24.1 Å². The van der Waals surface area contributed by atoms with Crippen LogP contribution < -0.4 is 9.71 Å². The van der Waals surface area contributed by atoms with Crippen LogP contribution in [0.1, 0.15) is 19.5 Å². The number of thiazole rings is 1. The Morgan fingerprint density at radius 3 is 2.71 bits per heavy atom. The number of fused-ring (bicyclic) bond motifs is 2. The first kappa shape index (κ1) is 21.9. The summed E-state index contributed by atoms with van der Waals surface area (Å²) in [6.45, 7) is 3.76. The zero-order valence-electron chi connectivity index (χ0n) is 17.2. The highest BCUT2D eigenvalue weighted by molar-refractivity contribution is 7.86. The number of aliphatic hydroxyl groups is 1. The first-order chi connectivity index (χ1) is 14.4. The highest BCUT2D eigenvalue weighted by Gasteiger charge is 2.60. The zero-order chi connectivity index (χ0) is 22.8. The van der Waals surface area contributed by atoms with Gasteiger partial charge in [0.15, 0.2) is 0 Å². The van der Waals surface area contributed by atoms with E-state index in [4.69, 9.17) is 5.14 Å². The largest absolute Gasteiger partial charge is 0.477 e. The van der Waals surface area contributed by atoms with Gasteiger partial charge < -0.3 is 15.1 Å². The number of imidazole rings is 1. The summed E-state index contributed by atoms with van der Waals surface area (Å²) in [5.74, 6) is -2.36. The normalized spacial score (nSPS) is 24.8. The van der Waals surface area contributed by atoms with Crippen molar-refractivity contribution in [2.45, 2.75) is 39.1 Å². The summed E-state index contributed by atoms with van der Waals surface area (Å²) in [4.78, 5) is 26.6. The van der Waals surface area contributed by atoms with Gasteiger partial charge in [0.2, 0.25) is 17.1 Å². The Morgan fingerprint density at radius 1 is 1.45 bits per heavy atom. The highest BCUT2D eigenvalue weighted by Crippen LogP contribution is 2.47. The van der Waals surface area contributed by atoms with Crippen molar-refractivity contribution in [3.8, 4) is 0 Å². The number of nitrogens with zero attached hydrogens (tertiary/aromatic N) is 4. The molecule has 2 aromatic heterocycles. The van der Waals surface area contributed by atoms with Crippen molar-refractivity contribution < 1.29 is 32.8 Å². The lowest BCUT2D eigenvalue weighted by molar-refractivity contribution is -0.688. The molecule has 4 rings (SSSR count). The lowest BCUT2D eigenvalue weighted by Gasteiger charge is -2.46. The van der Waals surface area contributed by atoms with Crippen LogP contribution in [-0.4, -0.2) is 63.3 Å². The predicted molar refractivity (Wildman–Crippen MR) is 110 cm³/mol. The van der Waals surface area contributed by atoms with Crippen LogP contribution in [0.25, 0.3) is 4.83 Å². The van der Waals surface area contributed by atoms with Crippen LogP contribution in [0.15, 0.2) is 29.2 Å². The molecule has 2 aromatic rings. The molecule has 1 saturated heterocycles. The van der Waals surface area contributed by atoms with Gasteiger partial charge in [-0.1, -0.05) is 18.3 Å². The predicted octanol–water partition coefficient (Wildman–Crippen LogP) is -0.880. The van der Waals surface area contributed by atoms with Crippen LogP contribution in [0.4, 0.5) is 0 Å². The first-order valence-corrected chi connectivity index (χ1v) is 12.0. The van der Waals surface area contributed by atoms with E-state index in [1.54, 1.807) is 13.3 Å². The molecule has 13 heteroatoms. The quantitative estimate of drug-likeness (QED) is 0.353. The molecule has 11 nitrogen and oxygen atoms in total. The summed E-state index contributed by atoms with van der Waals surface area (Å²) >= 11 is 1.42. The van der Waals surface area contributed by atoms with Gasteiger partial charge in [0, 0.05) is 23.9 Å². The minimum Gasteiger partial charge on any atom is -0.477 e. The van der Waals surface area contributed by atoms with E-state index in [1.165, 1.54) is 23.3 Å². The number of β-lactam (4-membered cyclic amide) rings is 1. The summed E-state index contributed by atoms with van der Waals surface area (Å²) < 4.78 is 27.7. The fourth-order valence-electron chi connectivity index (χ4n) is 4.50. The van der Waals surface area contributed by atoms with Crippen molar-refractivity contribution >= 4 is 38.3 Å². The third kappa shape index (κ3) is 3.46. The summed E-state index contributed by atoms with van der Waals surface area (Å²) in [6.07, 6.45) is 2.76. The Morgan fingerprint density at radius 2 is 2.13 bits per heavy atom. The van der Waals surface area contributed by atoms with Crippen molar-refractivity contribution in [1.29, 1.82) is 0 Å². The number of nitrogens with two attached hydrogens (primary N) is 1. The number of amides is 1. The summed E-state index contributed by atoms with van der Waals surface area (Å²) in [7, 11) is -2.43. The minimum atomic E-state index is -3.82. The average Bonchev–Trinajstić information content (AvgIpc) is 3.27. The fraction of sp³-hybridized carbons (Fsp3) is 0.500. The molecule has 168 valence electrons. The lowest BCUT2D eigenvalue weighted by atomic mass is 9.78. The smallest absolute Gasteiger partial charge is 0.352 e. The molecule has 1 fully saturated rings. The topological polar surface area (TPSA) is 150 Å². The van der Waals surface area contributed by atoms with Gasteiger partial charge in [0.25, 0.3) is 10.2 Å². The van der Waals surface area contributed by atoms with Crippen LogP contribution in [0, 0.1) is 11.8 Å². The molecule has 0 saturated carbocycles. The van der Waals surface area contributed by atoms with Crippen LogP contribution in [0.3, 0.4) is 0 Å². The molecule has 0 unspecified atom stereocenters. The lowest BCUT2D eigenvalue weighted by Crippen LogP contribution is -2.63. The molecular weight excluding hydrogens is 446 g/mol. The van der Waals surface area contributed by atoms with E-state index in [9.17, 15) is 28.2 Å². The number of carboxylic acids is 1. The molecule has 4 heterocycles. The van der Waals surface area contributed by atoms with Gasteiger partial charge in [-0.05, 0) is 6.92 Å². The number of hydrogen-bond donors (Lipinski definition) is 3. The standard InChI is InChI=1S/C18H23N5O6S2/c1-9-12(16(18(26)27)23-15(9)14(10(2)24)17(23)25)5-21-6-13-22(8-21)11(7-30-13)4-20(3)31(19,28)29/h6-10,14-15,24H,4-5H2,1-3H3,(H2-,19,26,27,28,29)/p+1/t9-,10+,14+,15+/m0/s1. The fourth-order valence-corrected chi connectivity index (χ4v) is 5.73. The number of aliphatic hydroxyl groups excluding tert-OH is 1. The molecule has 4 atom stereocenters. The van der Waals surface area contributed by atoms with Gasteiger partial charge >= 0.3 is 5.97 Å². The van der Waals surface area contributed by atoms with Crippen molar-refractivity contribution in [3.63, 3.8) is 0 Å². The van der Waals surface area contributed by atoms with E-state index in [2.05, 4.69) is 0 Å². The van der Waals surface area contributed by atoms with Gasteiger partial charge in [-0.3, -0.25) is 4.79 Å². The summed E-state index contributed by atoms with van der Waals surface area (Å²) in [5.41, 5.74) is 1.31. The Kier molecular flexibility index (Phi) is 5.21.